The van der Waals surface area contributed by atoms with Crippen molar-refractivity contribution in [3.63, 3.8) is 0 Å². The summed E-state index contributed by atoms with van der Waals surface area (Å²) in [4.78, 5) is 41.4. The Morgan fingerprint density at radius 3 is 1.88 bits per heavy atom. The van der Waals surface area contributed by atoms with E-state index in [1.807, 2.05) is 0 Å². The van der Waals surface area contributed by atoms with Crippen molar-refractivity contribution in [3.8, 4) is 0 Å². The number of nitrogens with two attached hydrogens (primary N) is 1. The molecule has 140 valence electrons. The van der Waals surface area contributed by atoms with Crippen molar-refractivity contribution in [2.45, 2.75) is 37.8 Å². The number of rotatable bonds is 9. The van der Waals surface area contributed by atoms with Crippen LogP contribution >= 0.6 is 0 Å². The van der Waals surface area contributed by atoms with Gasteiger partial charge in [-0.2, -0.15) is 0 Å². The highest BCUT2D eigenvalue weighted by atomic mass is 16.4. The van der Waals surface area contributed by atoms with E-state index in [0.717, 1.165) is 0 Å². The SMILES string of the molecule is CC(=O)[C@@](O)(CC(=O)[O-])C[N+](C)(C)C.N[C@@H](CCC(=O)O)C(=O)O. The molecule has 2 atom stereocenters. The van der Waals surface area contributed by atoms with E-state index < -0.39 is 41.8 Å². The van der Waals surface area contributed by atoms with Gasteiger partial charge in [0.05, 0.1) is 21.1 Å². The Morgan fingerprint density at radius 2 is 1.62 bits per heavy atom. The average Bonchev–Trinajstić information content (AvgIpc) is 2.32. The Kier molecular flexibility index (Phi) is 10.0. The van der Waals surface area contributed by atoms with Gasteiger partial charge in [0.25, 0.3) is 0 Å². The molecule has 0 radical (unpaired) electrons. The normalized spacial score (nSPS) is 14.6. The zero-order chi connectivity index (χ0) is 19.7. The van der Waals surface area contributed by atoms with Crippen molar-refractivity contribution in [2.75, 3.05) is 27.7 Å². The van der Waals surface area contributed by atoms with Crippen molar-refractivity contribution < 1.29 is 44.1 Å². The van der Waals surface area contributed by atoms with Crippen molar-refractivity contribution in [1.29, 1.82) is 0 Å². The summed E-state index contributed by atoms with van der Waals surface area (Å²) in [6.07, 6.45) is -0.879. The van der Waals surface area contributed by atoms with Crippen molar-refractivity contribution in [2.24, 2.45) is 5.73 Å². The van der Waals surface area contributed by atoms with Gasteiger partial charge in [-0.15, -0.1) is 0 Å². The number of nitrogens with zero attached hydrogens (tertiary/aromatic N) is 1. The summed E-state index contributed by atoms with van der Waals surface area (Å²) < 4.78 is 0.309. The first kappa shape index (κ1) is 24.2. The van der Waals surface area contributed by atoms with Crippen LogP contribution in [0.3, 0.4) is 0 Å². The van der Waals surface area contributed by atoms with Gasteiger partial charge in [-0.25, -0.2) is 0 Å². The molecule has 10 heteroatoms. The van der Waals surface area contributed by atoms with Crippen LogP contribution in [-0.4, -0.2) is 82.8 Å². The molecule has 0 amide bonds. The Bertz CT molecular complexity index is 472. The minimum Gasteiger partial charge on any atom is -0.550 e. The molecule has 0 aliphatic rings. The van der Waals surface area contributed by atoms with Crippen LogP contribution in [0.4, 0.5) is 0 Å². The van der Waals surface area contributed by atoms with E-state index in [4.69, 9.17) is 15.9 Å². The fraction of sp³-hybridized carbons (Fsp3) is 0.714. The third-order valence-corrected chi connectivity index (χ3v) is 2.81. The molecule has 0 aromatic carbocycles. The first-order chi connectivity index (χ1) is 10.6. The van der Waals surface area contributed by atoms with Gasteiger partial charge in [-0.1, -0.05) is 0 Å². The Labute approximate surface area is 140 Å². The zero-order valence-corrected chi connectivity index (χ0v) is 14.3. The highest BCUT2D eigenvalue weighted by Gasteiger charge is 2.38. The molecule has 0 saturated carbocycles. The monoisotopic (exact) mass is 350 g/mol. The predicted octanol–water partition coefficient (Wildman–Crippen LogP) is -2.58. The van der Waals surface area contributed by atoms with E-state index in [-0.39, 0.29) is 19.4 Å². The standard InChI is InChI=1S/C9H17NO4.C5H9NO4/c1-7(11)9(14,5-8(12)13)6-10(2,3)4;6-3(5(9)10)1-2-4(7)8/h14H,5-6H2,1-4H3;3H,1-2,6H2,(H,7,8)(H,9,10)/t9-;3-/m10/s1. The molecular weight excluding hydrogens is 324 g/mol. The van der Waals surface area contributed by atoms with Gasteiger partial charge < -0.3 is 35.4 Å². The molecule has 0 aliphatic carbocycles. The molecule has 24 heavy (non-hydrogen) atoms. The van der Waals surface area contributed by atoms with Crippen LogP contribution in [0, 0.1) is 0 Å². The van der Waals surface area contributed by atoms with Gasteiger partial charge in [-0.05, 0) is 13.3 Å². The van der Waals surface area contributed by atoms with Crippen LogP contribution in [0.15, 0.2) is 0 Å². The molecule has 0 heterocycles. The van der Waals surface area contributed by atoms with Gasteiger partial charge in [0.2, 0.25) is 0 Å². The van der Waals surface area contributed by atoms with Crippen LogP contribution in [0.2, 0.25) is 0 Å². The fourth-order valence-electron chi connectivity index (χ4n) is 1.72. The summed E-state index contributed by atoms with van der Waals surface area (Å²) in [7, 11) is 5.30. The molecule has 0 aliphatic heterocycles. The minimum absolute atomic E-state index is 0.0231. The van der Waals surface area contributed by atoms with Gasteiger partial charge in [-0.3, -0.25) is 14.4 Å². The molecule has 0 aromatic heterocycles. The van der Waals surface area contributed by atoms with Gasteiger partial charge in [0.15, 0.2) is 11.4 Å². The maximum absolute atomic E-state index is 11.1. The number of quaternary nitrogens is 1. The first-order valence-corrected chi connectivity index (χ1v) is 7.04. The maximum atomic E-state index is 11.1. The second-order valence-electron chi connectivity index (χ2n) is 6.46. The van der Waals surface area contributed by atoms with E-state index in [9.17, 15) is 29.4 Å². The number of likely N-dealkylation sites (N-methyl/N-ethyl adjacent to an activating group) is 1. The predicted molar refractivity (Wildman–Crippen MR) is 80.6 cm³/mol. The molecule has 0 unspecified atom stereocenters. The topological polar surface area (TPSA) is 178 Å². The number of Topliss-reactive ketones (excluding diaryl/α,β-unsaturated/α-hetero) is 1. The number of ketones is 1. The first-order valence-electron chi connectivity index (χ1n) is 7.04. The number of aliphatic hydroxyl groups is 1. The van der Waals surface area contributed by atoms with Gasteiger partial charge >= 0.3 is 11.9 Å². The summed E-state index contributed by atoms with van der Waals surface area (Å²) in [6, 6.07) is -1.06. The molecule has 0 rings (SSSR count). The fourth-order valence-corrected chi connectivity index (χ4v) is 1.72. The van der Waals surface area contributed by atoms with Crippen molar-refractivity contribution in [3.05, 3.63) is 0 Å². The number of carboxylic acid groups (broad SMARTS) is 3. The van der Waals surface area contributed by atoms with Gasteiger partial charge in [0.1, 0.15) is 12.6 Å². The smallest absolute Gasteiger partial charge is 0.320 e. The lowest BCUT2D eigenvalue weighted by Gasteiger charge is -2.34. The lowest BCUT2D eigenvalue weighted by Crippen LogP contribution is -2.55. The Morgan fingerprint density at radius 1 is 1.17 bits per heavy atom. The molecule has 5 N–H and O–H groups in total. The number of hydrogen-bond donors (Lipinski definition) is 4. The van der Waals surface area contributed by atoms with E-state index in [1.54, 1.807) is 21.1 Å². The lowest BCUT2D eigenvalue weighted by molar-refractivity contribution is -0.875. The molecule has 0 aromatic rings. The molecule has 10 nitrogen and oxygen atoms in total. The lowest BCUT2D eigenvalue weighted by atomic mass is 9.94. The second-order valence-corrected chi connectivity index (χ2v) is 6.46. The molecule has 0 saturated heterocycles. The summed E-state index contributed by atoms with van der Waals surface area (Å²) in [6.45, 7) is 1.23. The van der Waals surface area contributed by atoms with Crippen LogP contribution in [0.25, 0.3) is 0 Å². The maximum Gasteiger partial charge on any atom is 0.320 e. The van der Waals surface area contributed by atoms with Crippen LogP contribution in [0.1, 0.15) is 26.2 Å². The largest absolute Gasteiger partial charge is 0.550 e. The Balaban J connectivity index is 0. The molecule has 0 spiro atoms. The number of hydrogen-bond acceptors (Lipinski definition) is 7. The van der Waals surface area contributed by atoms with Crippen molar-refractivity contribution in [1.82, 2.24) is 0 Å². The summed E-state index contributed by atoms with van der Waals surface area (Å²) in [5.41, 5.74) is 3.18. The van der Waals surface area contributed by atoms with E-state index in [2.05, 4.69) is 0 Å². The van der Waals surface area contributed by atoms with E-state index >= 15 is 0 Å². The Hall–Kier alpha value is -2.04. The zero-order valence-electron chi connectivity index (χ0n) is 14.3. The minimum atomic E-state index is -1.82. The number of carbonyl (C=O) groups is 4. The summed E-state index contributed by atoms with van der Waals surface area (Å²) in [5, 5.41) is 36.5. The molecule has 0 fully saturated rings. The average molecular weight is 350 g/mol. The van der Waals surface area contributed by atoms with Crippen LogP contribution in [0.5, 0.6) is 0 Å². The number of carbonyl (C=O) groups excluding carboxylic acids is 2. The number of carboxylic acids is 3. The second kappa shape index (κ2) is 9.96. The van der Waals surface area contributed by atoms with Crippen molar-refractivity contribution >= 4 is 23.7 Å². The summed E-state index contributed by atoms with van der Waals surface area (Å²) >= 11 is 0. The van der Waals surface area contributed by atoms with Gasteiger partial charge in [0, 0.05) is 18.8 Å². The molecule has 0 bridgehead atoms. The van der Waals surface area contributed by atoms with Crippen LogP contribution < -0.4 is 10.8 Å². The van der Waals surface area contributed by atoms with E-state index in [1.165, 1.54) is 6.92 Å². The quantitative estimate of drug-likeness (QED) is 0.325. The highest BCUT2D eigenvalue weighted by molar-refractivity contribution is 5.88. The third-order valence-electron chi connectivity index (χ3n) is 2.81. The highest BCUT2D eigenvalue weighted by Crippen LogP contribution is 2.15. The van der Waals surface area contributed by atoms with Crippen LogP contribution in [-0.2, 0) is 19.2 Å². The third kappa shape index (κ3) is 12.5. The molecular formula is C14H26N2O8. The van der Waals surface area contributed by atoms with E-state index in [0.29, 0.717) is 4.48 Å². The summed E-state index contributed by atoms with van der Waals surface area (Å²) in [5.74, 6) is -4.16. The number of aliphatic carboxylic acids is 3.